The van der Waals surface area contributed by atoms with Crippen molar-refractivity contribution in [3.63, 3.8) is 0 Å². The molecule has 2 aromatic rings. The third kappa shape index (κ3) is 2.62. The van der Waals surface area contributed by atoms with E-state index in [-0.39, 0.29) is 0 Å². The van der Waals surface area contributed by atoms with Crippen LogP contribution in [0.1, 0.15) is 17.4 Å². The molecule has 2 N–H and O–H groups in total. The van der Waals surface area contributed by atoms with Crippen LogP contribution in [0.15, 0.2) is 24.7 Å². The quantitative estimate of drug-likeness (QED) is 0.828. The lowest BCUT2D eigenvalue weighted by molar-refractivity contribution is -0.138. The van der Waals surface area contributed by atoms with Gasteiger partial charge in [-0.1, -0.05) is 0 Å². The van der Waals surface area contributed by atoms with Gasteiger partial charge in [0.05, 0.1) is 6.20 Å². The van der Waals surface area contributed by atoms with Crippen molar-refractivity contribution in [3.8, 4) is 0 Å². The summed E-state index contributed by atoms with van der Waals surface area (Å²) in [6.07, 6.45) is 4.74. The summed E-state index contributed by atoms with van der Waals surface area (Å²) in [5.41, 5.74) is 0.571. The predicted molar refractivity (Wildman–Crippen MR) is 64.0 cm³/mol. The summed E-state index contributed by atoms with van der Waals surface area (Å²) in [4.78, 5) is 19.3. The highest BCUT2D eigenvalue weighted by atomic mass is 16.4. The number of aromatic nitrogens is 4. The topological polar surface area (TPSA) is 92.9 Å². The number of hydrogen-bond donors (Lipinski definition) is 2. The van der Waals surface area contributed by atoms with E-state index in [1.54, 1.807) is 37.1 Å². The smallest absolute Gasteiger partial charge is 0.330 e. The zero-order valence-electron chi connectivity index (χ0n) is 10.0. The summed E-state index contributed by atoms with van der Waals surface area (Å²) < 4.78 is 1.55. The second kappa shape index (κ2) is 4.82. The van der Waals surface area contributed by atoms with Crippen LogP contribution in [0.3, 0.4) is 0 Å². The minimum Gasteiger partial charge on any atom is -0.479 e. The zero-order valence-corrected chi connectivity index (χ0v) is 10.0. The van der Waals surface area contributed by atoms with Crippen LogP contribution in [-0.4, -0.2) is 30.8 Å². The van der Waals surface area contributed by atoms with Gasteiger partial charge in [-0.3, -0.25) is 4.68 Å². The Bertz CT molecular complexity index is 566. The van der Waals surface area contributed by atoms with Crippen molar-refractivity contribution in [2.45, 2.75) is 13.0 Å². The number of nitrogens with one attached hydrogen (secondary N) is 1. The molecule has 2 rings (SSSR count). The van der Waals surface area contributed by atoms with E-state index >= 15 is 0 Å². The van der Waals surface area contributed by atoms with Crippen molar-refractivity contribution in [1.82, 2.24) is 19.7 Å². The molecule has 0 aliphatic heterocycles. The van der Waals surface area contributed by atoms with Gasteiger partial charge in [0.2, 0.25) is 0 Å². The average molecular weight is 247 g/mol. The van der Waals surface area contributed by atoms with E-state index in [1.165, 1.54) is 6.20 Å². The maximum absolute atomic E-state index is 11.3. The molecule has 2 aromatic heterocycles. The molecule has 18 heavy (non-hydrogen) atoms. The number of aryl methyl sites for hydroxylation is 2. The molecule has 0 saturated heterocycles. The molecule has 0 radical (unpaired) electrons. The van der Waals surface area contributed by atoms with Crippen LogP contribution < -0.4 is 5.32 Å². The molecule has 94 valence electrons. The van der Waals surface area contributed by atoms with Crippen molar-refractivity contribution in [2.24, 2.45) is 7.05 Å². The fourth-order valence-electron chi connectivity index (χ4n) is 1.56. The van der Waals surface area contributed by atoms with Crippen LogP contribution in [-0.2, 0) is 11.8 Å². The predicted octanol–water partition coefficient (Wildman–Crippen LogP) is 0.756. The van der Waals surface area contributed by atoms with Crippen molar-refractivity contribution in [3.05, 3.63) is 36.0 Å². The molecular weight excluding hydrogens is 234 g/mol. The number of nitrogens with zero attached hydrogens (tertiary/aromatic N) is 4. The molecule has 0 saturated carbocycles. The molecule has 0 bridgehead atoms. The highest BCUT2D eigenvalue weighted by Gasteiger charge is 2.21. The van der Waals surface area contributed by atoms with Gasteiger partial charge in [-0.25, -0.2) is 14.8 Å². The van der Waals surface area contributed by atoms with Crippen molar-refractivity contribution in [1.29, 1.82) is 0 Å². The van der Waals surface area contributed by atoms with Crippen molar-refractivity contribution >= 4 is 11.8 Å². The Balaban J connectivity index is 2.24. The first kappa shape index (κ1) is 12.0. The Hall–Kier alpha value is -2.44. The molecule has 0 aromatic carbocycles. The number of carboxylic acid groups (broad SMARTS) is 1. The minimum atomic E-state index is -0.987. The second-order valence-electron chi connectivity index (χ2n) is 3.85. The van der Waals surface area contributed by atoms with Gasteiger partial charge in [0, 0.05) is 25.0 Å². The highest BCUT2D eigenvalue weighted by Crippen LogP contribution is 2.17. The molecule has 0 aliphatic rings. The Morgan fingerprint density at radius 3 is 2.89 bits per heavy atom. The van der Waals surface area contributed by atoms with Crippen LogP contribution in [0.25, 0.3) is 0 Å². The van der Waals surface area contributed by atoms with Crippen molar-refractivity contribution < 1.29 is 9.90 Å². The number of carbonyl (C=O) groups is 1. The monoisotopic (exact) mass is 247 g/mol. The van der Waals surface area contributed by atoms with Gasteiger partial charge in [0.25, 0.3) is 0 Å². The van der Waals surface area contributed by atoms with Gasteiger partial charge in [-0.05, 0) is 13.0 Å². The summed E-state index contributed by atoms with van der Waals surface area (Å²) in [6.45, 7) is 1.74. The standard InChI is InChI=1S/C11H13N5O2/c1-7-12-4-3-9(14-7)15-10(11(17)18)8-5-13-16(2)6-8/h3-6,10H,1-2H3,(H,17,18)(H,12,14,15). The van der Waals surface area contributed by atoms with E-state index < -0.39 is 12.0 Å². The van der Waals surface area contributed by atoms with Gasteiger partial charge >= 0.3 is 5.97 Å². The maximum Gasteiger partial charge on any atom is 0.330 e. The lowest BCUT2D eigenvalue weighted by Gasteiger charge is -2.13. The Labute approximate surface area is 104 Å². The molecule has 0 aliphatic carbocycles. The Kier molecular flexibility index (Phi) is 3.22. The normalized spacial score (nSPS) is 12.1. The van der Waals surface area contributed by atoms with E-state index in [0.29, 0.717) is 17.2 Å². The molecule has 7 heteroatoms. The van der Waals surface area contributed by atoms with E-state index in [4.69, 9.17) is 0 Å². The first-order chi connectivity index (χ1) is 8.56. The fraction of sp³-hybridized carbons (Fsp3) is 0.273. The third-order valence-electron chi connectivity index (χ3n) is 2.37. The van der Waals surface area contributed by atoms with Gasteiger partial charge in [-0.2, -0.15) is 5.10 Å². The Morgan fingerprint density at radius 1 is 1.56 bits per heavy atom. The first-order valence-corrected chi connectivity index (χ1v) is 5.34. The first-order valence-electron chi connectivity index (χ1n) is 5.34. The molecular formula is C11H13N5O2. The van der Waals surface area contributed by atoms with Gasteiger partial charge in [0.15, 0.2) is 6.04 Å². The molecule has 1 atom stereocenters. The van der Waals surface area contributed by atoms with E-state index in [1.807, 2.05) is 0 Å². The van der Waals surface area contributed by atoms with Gasteiger partial charge in [0.1, 0.15) is 11.6 Å². The van der Waals surface area contributed by atoms with Crippen LogP contribution in [0.5, 0.6) is 0 Å². The molecule has 2 heterocycles. The van der Waals surface area contributed by atoms with Gasteiger partial charge < -0.3 is 10.4 Å². The number of rotatable bonds is 4. The molecule has 1 unspecified atom stereocenters. The molecule has 0 amide bonds. The van der Waals surface area contributed by atoms with Crippen LogP contribution in [0, 0.1) is 6.92 Å². The number of anilines is 1. The lowest BCUT2D eigenvalue weighted by Crippen LogP contribution is -2.20. The number of aliphatic carboxylic acids is 1. The minimum absolute atomic E-state index is 0.471. The lowest BCUT2D eigenvalue weighted by atomic mass is 10.1. The average Bonchev–Trinajstić information content (AvgIpc) is 2.72. The fourth-order valence-corrected chi connectivity index (χ4v) is 1.56. The molecule has 0 spiro atoms. The molecule has 0 fully saturated rings. The second-order valence-corrected chi connectivity index (χ2v) is 3.85. The largest absolute Gasteiger partial charge is 0.479 e. The zero-order chi connectivity index (χ0) is 13.1. The van der Waals surface area contributed by atoms with Crippen LogP contribution in [0.4, 0.5) is 5.82 Å². The van der Waals surface area contributed by atoms with E-state index in [2.05, 4.69) is 20.4 Å². The Morgan fingerprint density at radius 2 is 2.33 bits per heavy atom. The number of hydrogen-bond acceptors (Lipinski definition) is 5. The van der Waals surface area contributed by atoms with Gasteiger partial charge in [-0.15, -0.1) is 0 Å². The summed E-state index contributed by atoms with van der Waals surface area (Å²) >= 11 is 0. The van der Waals surface area contributed by atoms with Crippen LogP contribution >= 0.6 is 0 Å². The number of carboxylic acids is 1. The summed E-state index contributed by atoms with van der Waals surface area (Å²) in [7, 11) is 1.73. The SMILES string of the molecule is Cc1nccc(NC(C(=O)O)c2cnn(C)c2)n1. The highest BCUT2D eigenvalue weighted by molar-refractivity contribution is 5.78. The van der Waals surface area contributed by atoms with E-state index in [9.17, 15) is 9.90 Å². The van der Waals surface area contributed by atoms with Crippen molar-refractivity contribution in [2.75, 3.05) is 5.32 Å². The summed E-state index contributed by atoms with van der Waals surface area (Å²) in [6, 6.07) is 0.743. The summed E-state index contributed by atoms with van der Waals surface area (Å²) in [5, 5.41) is 16.0. The maximum atomic E-state index is 11.3. The van der Waals surface area contributed by atoms with Crippen LogP contribution in [0.2, 0.25) is 0 Å². The summed E-state index contributed by atoms with van der Waals surface area (Å²) in [5.74, 6) is 0.0633. The third-order valence-corrected chi connectivity index (χ3v) is 2.37. The van der Waals surface area contributed by atoms with E-state index in [0.717, 1.165) is 0 Å². The molecule has 7 nitrogen and oxygen atoms in total.